The summed E-state index contributed by atoms with van der Waals surface area (Å²) >= 11 is 12.9. The van der Waals surface area contributed by atoms with E-state index in [0.717, 1.165) is 23.0 Å². The van der Waals surface area contributed by atoms with Gasteiger partial charge in [0.25, 0.3) is 10.0 Å². The van der Waals surface area contributed by atoms with E-state index in [2.05, 4.69) is 4.72 Å². The van der Waals surface area contributed by atoms with Crippen LogP contribution >= 0.6 is 34.5 Å². The van der Waals surface area contributed by atoms with Crippen molar-refractivity contribution in [1.29, 1.82) is 0 Å². The van der Waals surface area contributed by atoms with Gasteiger partial charge in [-0.25, -0.2) is 12.8 Å². The summed E-state index contributed by atoms with van der Waals surface area (Å²) in [4.78, 5) is 12.2. The zero-order valence-corrected chi connectivity index (χ0v) is 18.2. The molecule has 3 aromatic carbocycles. The molecule has 0 aliphatic carbocycles. The van der Waals surface area contributed by atoms with Gasteiger partial charge in [-0.3, -0.25) is 14.1 Å². The van der Waals surface area contributed by atoms with E-state index in [-0.39, 0.29) is 27.0 Å². The zero-order valence-electron chi connectivity index (χ0n) is 15.1. The Bertz CT molecular complexity index is 1430. The van der Waals surface area contributed by atoms with E-state index in [1.807, 2.05) is 12.1 Å². The molecule has 10 heteroatoms. The highest BCUT2D eigenvalue weighted by atomic mass is 35.5. The van der Waals surface area contributed by atoms with Crippen molar-refractivity contribution in [1.82, 2.24) is 4.57 Å². The largest absolute Gasteiger partial charge is 0.308 e. The lowest BCUT2D eigenvalue weighted by molar-refractivity contribution is 0.601. The fraction of sp³-hybridized carbons (Fsp3) is 0.0500. The molecular weight excluding hydrogens is 470 g/mol. The molecule has 0 amide bonds. The summed E-state index contributed by atoms with van der Waals surface area (Å²) in [6.07, 6.45) is 0. The van der Waals surface area contributed by atoms with Crippen molar-refractivity contribution in [2.45, 2.75) is 11.4 Å². The van der Waals surface area contributed by atoms with Gasteiger partial charge in [-0.2, -0.15) is 0 Å². The van der Waals surface area contributed by atoms with Gasteiger partial charge < -0.3 is 0 Å². The Morgan fingerprint density at radius 1 is 1.00 bits per heavy atom. The van der Waals surface area contributed by atoms with Crippen molar-refractivity contribution in [3.8, 4) is 0 Å². The van der Waals surface area contributed by atoms with E-state index in [9.17, 15) is 17.6 Å². The molecule has 30 heavy (non-hydrogen) atoms. The molecule has 0 atom stereocenters. The van der Waals surface area contributed by atoms with Crippen LogP contribution in [0.25, 0.3) is 10.2 Å². The van der Waals surface area contributed by atoms with Crippen molar-refractivity contribution in [3.63, 3.8) is 0 Å². The van der Waals surface area contributed by atoms with Gasteiger partial charge in [-0.15, -0.1) is 0 Å². The summed E-state index contributed by atoms with van der Waals surface area (Å²) in [5.41, 5.74) is 1.52. The summed E-state index contributed by atoms with van der Waals surface area (Å²) < 4.78 is 43.2. The normalized spacial score (nSPS) is 11.7. The van der Waals surface area contributed by atoms with E-state index in [1.165, 1.54) is 24.3 Å². The number of anilines is 1. The van der Waals surface area contributed by atoms with Crippen LogP contribution in [0.15, 0.2) is 70.4 Å². The molecule has 4 aromatic rings. The van der Waals surface area contributed by atoms with Crippen LogP contribution in [0.1, 0.15) is 5.56 Å². The molecule has 154 valence electrons. The minimum Gasteiger partial charge on any atom is -0.294 e. The molecule has 0 spiro atoms. The molecule has 0 radical (unpaired) electrons. The number of sulfonamides is 1. The van der Waals surface area contributed by atoms with Crippen LogP contribution in [0.2, 0.25) is 10.0 Å². The van der Waals surface area contributed by atoms with Crippen LogP contribution in [0.5, 0.6) is 0 Å². The quantitative estimate of drug-likeness (QED) is 0.416. The van der Waals surface area contributed by atoms with Crippen LogP contribution in [-0.2, 0) is 16.6 Å². The summed E-state index contributed by atoms with van der Waals surface area (Å²) in [7, 11) is -3.96. The van der Waals surface area contributed by atoms with Gasteiger partial charge in [0.05, 0.1) is 32.4 Å². The summed E-state index contributed by atoms with van der Waals surface area (Å²) in [5.74, 6) is -0.648. The van der Waals surface area contributed by atoms with Gasteiger partial charge in [0, 0.05) is 5.02 Å². The fourth-order valence-corrected chi connectivity index (χ4v) is 5.39. The minimum absolute atomic E-state index is 0.0263. The number of halogens is 3. The van der Waals surface area contributed by atoms with E-state index in [4.69, 9.17) is 23.2 Å². The molecule has 1 N–H and O–H groups in total. The predicted octanol–water partition coefficient (Wildman–Crippen LogP) is 5.36. The molecule has 0 saturated carbocycles. The minimum atomic E-state index is -3.96. The Hall–Kier alpha value is -2.39. The molecule has 0 fully saturated rings. The van der Waals surface area contributed by atoms with E-state index < -0.39 is 15.8 Å². The van der Waals surface area contributed by atoms with E-state index in [1.54, 1.807) is 22.8 Å². The number of fused-ring (bicyclic) bond motifs is 1. The average Bonchev–Trinajstić information content (AvgIpc) is 3.01. The smallest absolute Gasteiger partial charge is 0.294 e. The number of nitrogens with one attached hydrogen (secondary N) is 1. The number of hydrogen-bond donors (Lipinski definition) is 1. The molecule has 0 unspecified atom stereocenters. The second kappa shape index (κ2) is 8.03. The lowest BCUT2D eigenvalue weighted by Crippen LogP contribution is -2.14. The van der Waals surface area contributed by atoms with E-state index in [0.29, 0.717) is 15.2 Å². The molecule has 0 bridgehead atoms. The SMILES string of the molecule is O=c1sc2cc(S(=O)(=O)Nc3ccc(F)c(Cl)c3)ccc2n1Cc1ccccc1Cl. The number of hydrogen-bond acceptors (Lipinski definition) is 4. The van der Waals surface area contributed by atoms with Gasteiger partial charge in [-0.05, 0) is 48.0 Å². The molecule has 5 nitrogen and oxygen atoms in total. The van der Waals surface area contributed by atoms with Crippen molar-refractivity contribution < 1.29 is 12.8 Å². The maximum absolute atomic E-state index is 13.3. The average molecular weight is 483 g/mol. The van der Waals surface area contributed by atoms with Gasteiger partial charge in [0.15, 0.2) is 0 Å². The van der Waals surface area contributed by atoms with Crippen LogP contribution in [0, 0.1) is 5.82 Å². The maximum atomic E-state index is 13.3. The highest BCUT2D eigenvalue weighted by molar-refractivity contribution is 7.92. The molecule has 4 rings (SSSR count). The lowest BCUT2D eigenvalue weighted by atomic mass is 10.2. The van der Waals surface area contributed by atoms with Crippen molar-refractivity contribution >= 4 is 60.5 Å². The van der Waals surface area contributed by atoms with Crippen LogP contribution in [-0.4, -0.2) is 13.0 Å². The van der Waals surface area contributed by atoms with E-state index >= 15 is 0 Å². The number of nitrogens with zero attached hydrogens (tertiary/aromatic N) is 1. The standard InChI is InChI=1S/C20H13Cl2FN2O3S2/c21-15-4-2-1-3-12(15)11-25-18-8-6-14(10-19(18)29-20(25)26)30(27,28)24-13-5-7-17(23)16(22)9-13/h1-10,24H,11H2. The Balaban J connectivity index is 1.69. The first kappa shape index (κ1) is 20.9. The molecule has 1 heterocycles. The maximum Gasteiger partial charge on any atom is 0.308 e. The van der Waals surface area contributed by atoms with Gasteiger partial charge in [-0.1, -0.05) is 52.7 Å². The third-order valence-corrected chi connectivity index (χ3v) is 7.39. The third kappa shape index (κ3) is 4.09. The fourth-order valence-electron chi connectivity index (χ4n) is 2.93. The molecule has 0 aliphatic heterocycles. The molecule has 1 aromatic heterocycles. The third-order valence-electron chi connectivity index (χ3n) is 4.41. The summed E-state index contributed by atoms with van der Waals surface area (Å²) in [6.45, 7) is 0.275. The number of rotatable bonds is 5. The number of thiazole rings is 1. The van der Waals surface area contributed by atoms with Crippen LogP contribution < -0.4 is 9.60 Å². The highest BCUT2D eigenvalue weighted by Crippen LogP contribution is 2.26. The Labute approximate surface area is 185 Å². The Morgan fingerprint density at radius 2 is 1.77 bits per heavy atom. The van der Waals surface area contributed by atoms with Crippen molar-refractivity contribution in [2.75, 3.05) is 4.72 Å². The predicted molar refractivity (Wildman–Crippen MR) is 119 cm³/mol. The van der Waals surface area contributed by atoms with Crippen LogP contribution in [0.3, 0.4) is 0 Å². The lowest BCUT2D eigenvalue weighted by Gasteiger charge is -2.09. The Kier molecular flexibility index (Phi) is 5.59. The van der Waals surface area contributed by atoms with Crippen molar-refractivity contribution in [2.24, 2.45) is 0 Å². The van der Waals surface area contributed by atoms with Crippen molar-refractivity contribution in [3.05, 3.63) is 91.8 Å². The number of aromatic nitrogens is 1. The highest BCUT2D eigenvalue weighted by Gasteiger charge is 2.18. The monoisotopic (exact) mass is 482 g/mol. The zero-order chi connectivity index (χ0) is 21.5. The summed E-state index contributed by atoms with van der Waals surface area (Å²) in [5, 5.41) is 0.352. The number of benzene rings is 3. The topological polar surface area (TPSA) is 68.2 Å². The van der Waals surface area contributed by atoms with Gasteiger partial charge in [0.2, 0.25) is 0 Å². The first-order valence-electron chi connectivity index (χ1n) is 8.59. The first-order chi connectivity index (χ1) is 14.2. The Morgan fingerprint density at radius 3 is 2.50 bits per heavy atom. The molecule has 0 saturated heterocycles. The second-order valence-electron chi connectivity index (χ2n) is 6.41. The first-order valence-corrected chi connectivity index (χ1v) is 11.6. The van der Waals surface area contributed by atoms with Gasteiger partial charge in [0.1, 0.15) is 5.82 Å². The summed E-state index contributed by atoms with van der Waals surface area (Å²) in [6, 6.07) is 15.2. The van der Waals surface area contributed by atoms with Crippen LogP contribution in [0.4, 0.5) is 10.1 Å². The molecular formula is C20H13Cl2FN2O3S2. The molecule has 0 aliphatic rings. The van der Waals surface area contributed by atoms with Gasteiger partial charge >= 0.3 is 4.87 Å². The second-order valence-corrected chi connectivity index (χ2v) is 9.90.